The first kappa shape index (κ1) is 21.6. The number of esters is 1. The Hall–Kier alpha value is -2.72. The summed E-state index contributed by atoms with van der Waals surface area (Å²) in [7, 11) is -3.86. The number of hydrogen-bond acceptors (Lipinski definition) is 7. The fourth-order valence-electron chi connectivity index (χ4n) is 2.41. The van der Waals surface area contributed by atoms with Gasteiger partial charge in [-0.2, -0.15) is 0 Å². The first-order chi connectivity index (χ1) is 13.1. The number of anilines is 1. The predicted molar refractivity (Wildman–Crippen MR) is 101 cm³/mol. The molecule has 2 rings (SSSR count). The number of nitrogens with one attached hydrogen (secondary N) is 2. The van der Waals surface area contributed by atoms with Gasteiger partial charge >= 0.3 is 5.97 Å². The lowest BCUT2D eigenvalue weighted by Gasteiger charge is -2.14. The molecule has 1 aromatic heterocycles. The third-order valence-electron chi connectivity index (χ3n) is 3.85. The average molecular weight is 409 g/mol. The fourth-order valence-corrected chi connectivity index (χ4v) is 3.77. The molecule has 2 N–H and O–H groups in total. The van der Waals surface area contributed by atoms with Gasteiger partial charge < -0.3 is 14.6 Å². The van der Waals surface area contributed by atoms with Crippen LogP contribution >= 0.6 is 0 Å². The Morgan fingerprint density at radius 2 is 1.82 bits per heavy atom. The zero-order chi connectivity index (χ0) is 20.9. The van der Waals surface area contributed by atoms with Gasteiger partial charge in [-0.25, -0.2) is 13.1 Å². The van der Waals surface area contributed by atoms with Gasteiger partial charge in [0.2, 0.25) is 10.0 Å². The van der Waals surface area contributed by atoms with E-state index in [-0.39, 0.29) is 29.3 Å². The normalized spacial score (nSPS) is 12.4. The first-order valence-corrected chi connectivity index (χ1v) is 10.1. The number of sulfonamides is 1. The highest BCUT2D eigenvalue weighted by molar-refractivity contribution is 7.89. The van der Waals surface area contributed by atoms with Crippen molar-refractivity contribution in [1.82, 2.24) is 9.88 Å². The molecule has 1 aromatic carbocycles. The highest BCUT2D eigenvalue weighted by Gasteiger charge is 2.24. The highest BCUT2D eigenvalue weighted by Crippen LogP contribution is 2.18. The Bertz CT molecular complexity index is 931. The number of benzene rings is 1. The van der Waals surface area contributed by atoms with E-state index in [2.05, 4.69) is 15.2 Å². The second-order valence-electron chi connectivity index (χ2n) is 6.29. The molecule has 1 heterocycles. The molecular formula is C18H23N3O6S. The molecule has 10 heteroatoms. The number of nitrogens with zero attached hydrogens (tertiary/aromatic N) is 1. The average Bonchev–Trinajstić information content (AvgIpc) is 2.96. The van der Waals surface area contributed by atoms with E-state index in [0.717, 1.165) is 5.56 Å². The molecule has 0 spiro atoms. The molecular weight excluding hydrogens is 386 g/mol. The molecule has 152 valence electrons. The number of aryl methyl sites for hydroxylation is 3. The zero-order valence-corrected chi connectivity index (χ0v) is 16.9. The van der Waals surface area contributed by atoms with E-state index >= 15 is 0 Å². The van der Waals surface area contributed by atoms with Crippen LogP contribution in [0.5, 0.6) is 0 Å². The van der Waals surface area contributed by atoms with Crippen LogP contribution in [0.15, 0.2) is 33.7 Å². The van der Waals surface area contributed by atoms with E-state index in [4.69, 9.17) is 9.26 Å². The second kappa shape index (κ2) is 8.98. The van der Waals surface area contributed by atoms with Gasteiger partial charge in [0.05, 0.1) is 6.42 Å². The van der Waals surface area contributed by atoms with Crippen LogP contribution in [0.3, 0.4) is 0 Å². The maximum Gasteiger partial charge on any atom is 0.307 e. The summed E-state index contributed by atoms with van der Waals surface area (Å²) in [6.45, 7) is 6.17. The van der Waals surface area contributed by atoms with E-state index in [1.807, 2.05) is 19.1 Å². The van der Waals surface area contributed by atoms with Crippen molar-refractivity contribution in [2.75, 3.05) is 11.9 Å². The van der Waals surface area contributed by atoms with Crippen LogP contribution < -0.4 is 10.0 Å². The Morgan fingerprint density at radius 3 is 2.39 bits per heavy atom. The van der Waals surface area contributed by atoms with E-state index in [1.54, 1.807) is 12.1 Å². The Morgan fingerprint density at radius 1 is 1.18 bits per heavy atom. The SMILES string of the molecule is Cc1ccc(NC(=O)[C@H](C)OC(=O)CCNS(=O)(=O)c2c(C)noc2C)cc1. The van der Waals surface area contributed by atoms with Crippen molar-refractivity contribution >= 4 is 27.6 Å². The second-order valence-corrected chi connectivity index (χ2v) is 7.99. The van der Waals surface area contributed by atoms with Crippen molar-refractivity contribution in [2.24, 2.45) is 0 Å². The van der Waals surface area contributed by atoms with Crippen LogP contribution in [0, 0.1) is 20.8 Å². The smallest absolute Gasteiger partial charge is 0.307 e. The number of hydrogen-bond donors (Lipinski definition) is 2. The van der Waals surface area contributed by atoms with Gasteiger partial charge in [-0.15, -0.1) is 0 Å². The molecule has 2 aromatic rings. The lowest BCUT2D eigenvalue weighted by Crippen LogP contribution is -2.32. The fraction of sp³-hybridized carbons (Fsp3) is 0.389. The summed E-state index contributed by atoms with van der Waals surface area (Å²) in [4.78, 5) is 23.9. The van der Waals surface area contributed by atoms with E-state index < -0.39 is 28.0 Å². The van der Waals surface area contributed by atoms with Crippen molar-refractivity contribution in [1.29, 1.82) is 0 Å². The molecule has 0 aliphatic heterocycles. The maximum atomic E-state index is 12.2. The monoisotopic (exact) mass is 409 g/mol. The third-order valence-corrected chi connectivity index (χ3v) is 5.56. The molecule has 0 bridgehead atoms. The first-order valence-electron chi connectivity index (χ1n) is 8.59. The molecule has 1 atom stereocenters. The number of amides is 1. The molecule has 1 amide bonds. The largest absolute Gasteiger partial charge is 0.452 e. The van der Waals surface area contributed by atoms with Crippen LogP contribution in [0.2, 0.25) is 0 Å². The summed E-state index contributed by atoms with van der Waals surface area (Å²) < 4.78 is 36.7. The molecule has 0 aliphatic carbocycles. The van der Waals surface area contributed by atoms with Gasteiger partial charge in [-0.3, -0.25) is 9.59 Å². The predicted octanol–water partition coefficient (Wildman–Crippen LogP) is 1.84. The van der Waals surface area contributed by atoms with Crippen molar-refractivity contribution in [3.8, 4) is 0 Å². The number of carbonyl (C=O) groups excluding carboxylic acids is 2. The van der Waals surface area contributed by atoms with Gasteiger partial charge in [0.25, 0.3) is 5.91 Å². The van der Waals surface area contributed by atoms with Crippen LogP contribution in [0.25, 0.3) is 0 Å². The lowest BCUT2D eigenvalue weighted by atomic mass is 10.2. The third kappa shape index (κ3) is 5.64. The number of rotatable bonds is 8. The molecule has 0 unspecified atom stereocenters. The van der Waals surface area contributed by atoms with Crippen molar-refractivity contribution in [3.63, 3.8) is 0 Å². The topological polar surface area (TPSA) is 128 Å². The molecule has 0 saturated carbocycles. The molecule has 0 fully saturated rings. The number of aromatic nitrogens is 1. The Kier molecular flexibility index (Phi) is 6.92. The molecule has 28 heavy (non-hydrogen) atoms. The van der Waals surface area contributed by atoms with Gasteiger partial charge in [-0.05, 0) is 39.8 Å². The quantitative estimate of drug-likeness (QED) is 0.637. The minimum Gasteiger partial charge on any atom is -0.452 e. The van der Waals surface area contributed by atoms with Gasteiger partial charge in [0.15, 0.2) is 11.9 Å². The number of ether oxygens (including phenoxy) is 1. The van der Waals surface area contributed by atoms with Crippen LogP contribution in [0.4, 0.5) is 5.69 Å². The Balaban J connectivity index is 1.81. The summed E-state index contributed by atoms with van der Waals surface area (Å²) in [5.41, 5.74) is 1.87. The summed E-state index contributed by atoms with van der Waals surface area (Å²) in [6.07, 6.45) is -1.25. The summed E-state index contributed by atoms with van der Waals surface area (Å²) in [6, 6.07) is 7.17. The standard InChI is InChI=1S/C18H23N3O6S/c1-11-5-7-15(8-6-11)20-18(23)14(4)26-16(22)9-10-19-28(24,25)17-12(2)21-27-13(17)3/h5-8,14,19H,9-10H2,1-4H3,(H,20,23)/t14-/m0/s1. The van der Waals surface area contributed by atoms with Crippen LogP contribution in [-0.4, -0.2) is 38.1 Å². The summed E-state index contributed by atoms with van der Waals surface area (Å²) in [5.74, 6) is -1.02. The highest BCUT2D eigenvalue weighted by atomic mass is 32.2. The molecule has 9 nitrogen and oxygen atoms in total. The van der Waals surface area contributed by atoms with E-state index in [0.29, 0.717) is 5.69 Å². The van der Waals surface area contributed by atoms with Gasteiger partial charge in [-0.1, -0.05) is 22.9 Å². The van der Waals surface area contributed by atoms with Crippen LogP contribution in [0.1, 0.15) is 30.4 Å². The summed E-state index contributed by atoms with van der Waals surface area (Å²) >= 11 is 0. The summed E-state index contributed by atoms with van der Waals surface area (Å²) in [5, 5.41) is 6.23. The minimum atomic E-state index is -3.86. The van der Waals surface area contributed by atoms with Crippen molar-refractivity contribution in [2.45, 2.75) is 45.1 Å². The lowest BCUT2D eigenvalue weighted by molar-refractivity contribution is -0.152. The molecule has 0 saturated heterocycles. The van der Waals surface area contributed by atoms with Crippen molar-refractivity contribution in [3.05, 3.63) is 41.3 Å². The zero-order valence-electron chi connectivity index (χ0n) is 16.1. The molecule has 0 aliphatic rings. The van der Waals surface area contributed by atoms with Gasteiger partial charge in [0, 0.05) is 12.2 Å². The van der Waals surface area contributed by atoms with E-state index in [9.17, 15) is 18.0 Å². The number of carbonyl (C=O) groups is 2. The maximum absolute atomic E-state index is 12.2. The van der Waals surface area contributed by atoms with Crippen LogP contribution in [-0.2, 0) is 24.3 Å². The van der Waals surface area contributed by atoms with E-state index in [1.165, 1.54) is 20.8 Å². The minimum absolute atomic E-state index is 0.0493. The Labute approximate surface area is 163 Å². The van der Waals surface area contributed by atoms with Crippen molar-refractivity contribution < 1.29 is 27.3 Å². The molecule has 0 radical (unpaired) electrons. The van der Waals surface area contributed by atoms with Gasteiger partial charge in [0.1, 0.15) is 10.6 Å².